The van der Waals surface area contributed by atoms with Crippen LogP contribution in [-0.2, 0) is 10.0 Å². The van der Waals surface area contributed by atoms with Gasteiger partial charge in [0.1, 0.15) is 16.4 Å². The summed E-state index contributed by atoms with van der Waals surface area (Å²) in [6.07, 6.45) is 0. The third-order valence-corrected chi connectivity index (χ3v) is 5.36. The molecule has 0 aliphatic rings. The molecule has 0 spiro atoms. The van der Waals surface area contributed by atoms with Gasteiger partial charge in [-0.3, -0.25) is 0 Å². The molecule has 0 aliphatic carbocycles. The molecular formula is C14H24N2O4S. The molecule has 1 aromatic carbocycles. The van der Waals surface area contributed by atoms with Gasteiger partial charge in [-0.15, -0.1) is 0 Å². The molecule has 0 aromatic heterocycles. The molecule has 0 amide bonds. The molecule has 0 aliphatic heterocycles. The second kappa shape index (κ2) is 6.64. The summed E-state index contributed by atoms with van der Waals surface area (Å²) in [6.45, 7) is 5.80. The van der Waals surface area contributed by atoms with Crippen LogP contribution in [0.3, 0.4) is 0 Å². The monoisotopic (exact) mass is 316 g/mol. The van der Waals surface area contributed by atoms with Crippen LogP contribution in [0, 0.1) is 5.92 Å². The molecule has 0 heterocycles. The smallest absolute Gasteiger partial charge is 0.244 e. The number of benzene rings is 1. The number of nitrogens with one attached hydrogen (secondary N) is 1. The van der Waals surface area contributed by atoms with E-state index in [9.17, 15) is 8.42 Å². The van der Waals surface area contributed by atoms with Gasteiger partial charge in [0.25, 0.3) is 0 Å². The van der Waals surface area contributed by atoms with Crippen molar-refractivity contribution in [2.45, 2.75) is 31.2 Å². The van der Waals surface area contributed by atoms with Gasteiger partial charge in [-0.2, -0.15) is 0 Å². The van der Waals surface area contributed by atoms with Crippen LogP contribution >= 0.6 is 0 Å². The van der Waals surface area contributed by atoms with Crippen LogP contribution in [0.2, 0.25) is 0 Å². The standard InChI is InChI=1S/C14H24N2O4S/c1-10(2)14(3,9-15)16-21(17,18)13-8-11(19-4)6-7-12(13)20-5/h6-8,10,16H,9,15H2,1-5H3. The maximum Gasteiger partial charge on any atom is 0.244 e. The molecule has 1 atom stereocenters. The average Bonchev–Trinajstić information content (AvgIpc) is 2.45. The van der Waals surface area contributed by atoms with Crippen LogP contribution in [0.25, 0.3) is 0 Å². The van der Waals surface area contributed by atoms with Crippen molar-refractivity contribution in [2.24, 2.45) is 11.7 Å². The van der Waals surface area contributed by atoms with Gasteiger partial charge < -0.3 is 15.2 Å². The number of hydrogen-bond acceptors (Lipinski definition) is 5. The van der Waals surface area contributed by atoms with Crippen molar-refractivity contribution in [1.29, 1.82) is 0 Å². The minimum absolute atomic E-state index is 0.0321. The van der Waals surface area contributed by atoms with E-state index in [0.29, 0.717) is 5.75 Å². The van der Waals surface area contributed by atoms with Crippen molar-refractivity contribution in [3.63, 3.8) is 0 Å². The van der Waals surface area contributed by atoms with E-state index in [-0.39, 0.29) is 23.1 Å². The number of ether oxygens (including phenoxy) is 2. The Balaban J connectivity index is 3.30. The highest BCUT2D eigenvalue weighted by atomic mass is 32.2. The van der Waals surface area contributed by atoms with E-state index in [1.165, 1.54) is 20.3 Å². The third kappa shape index (κ3) is 3.87. The topological polar surface area (TPSA) is 90.6 Å². The fraction of sp³-hybridized carbons (Fsp3) is 0.571. The summed E-state index contributed by atoms with van der Waals surface area (Å²) < 4.78 is 38.2. The van der Waals surface area contributed by atoms with Gasteiger partial charge >= 0.3 is 0 Å². The summed E-state index contributed by atoms with van der Waals surface area (Å²) in [5, 5.41) is 0. The Labute approximate surface area is 126 Å². The van der Waals surface area contributed by atoms with E-state index >= 15 is 0 Å². The quantitative estimate of drug-likeness (QED) is 0.792. The van der Waals surface area contributed by atoms with E-state index in [4.69, 9.17) is 15.2 Å². The number of rotatable bonds is 7. The summed E-state index contributed by atoms with van der Waals surface area (Å²) >= 11 is 0. The predicted octanol–water partition coefficient (Wildman–Crippen LogP) is 1.36. The van der Waals surface area contributed by atoms with E-state index in [0.717, 1.165) is 0 Å². The van der Waals surface area contributed by atoms with E-state index in [1.807, 2.05) is 13.8 Å². The lowest BCUT2D eigenvalue weighted by Gasteiger charge is -2.33. The molecule has 0 bridgehead atoms. The van der Waals surface area contributed by atoms with Crippen LogP contribution in [-0.4, -0.2) is 34.7 Å². The van der Waals surface area contributed by atoms with Crippen LogP contribution in [0.4, 0.5) is 0 Å². The molecule has 6 nitrogen and oxygen atoms in total. The van der Waals surface area contributed by atoms with Crippen molar-refractivity contribution in [3.05, 3.63) is 18.2 Å². The summed E-state index contributed by atoms with van der Waals surface area (Å²) in [5.74, 6) is 0.732. The lowest BCUT2D eigenvalue weighted by molar-refractivity contribution is 0.314. The van der Waals surface area contributed by atoms with Crippen LogP contribution in [0.5, 0.6) is 11.5 Å². The number of hydrogen-bond donors (Lipinski definition) is 2. The Morgan fingerprint density at radius 3 is 2.33 bits per heavy atom. The predicted molar refractivity (Wildman–Crippen MR) is 82.2 cm³/mol. The van der Waals surface area contributed by atoms with E-state index in [2.05, 4.69) is 4.72 Å². The average molecular weight is 316 g/mol. The zero-order chi connectivity index (χ0) is 16.3. The lowest BCUT2D eigenvalue weighted by Crippen LogP contribution is -2.54. The normalized spacial score (nSPS) is 14.8. The van der Waals surface area contributed by atoms with Gasteiger partial charge in [0.2, 0.25) is 10.0 Å². The van der Waals surface area contributed by atoms with Gasteiger partial charge in [0, 0.05) is 18.2 Å². The Morgan fingerprint density at radius 1 is 1.29 bits per heavy atom. The minimum atomic E-state index is -3.79. The maximum atomic E-state index is 12.7. The summed E-state index contributed by atoms with van der Waals surface area (Å²) in [7, 11) is -0.887. The van der Waals surface area contributed by atoms with Crippen LogP contribution < -0.4 is 19.9 Å². The first-order chi connectivity index (χ1) is 9.70. The Morgan fingerprint density at radius 2 is 1.90 bits per heavy atom. The molecule has 3 N–H and O–H groups in total. The van der Waals surface area contributed by atoms with Gasteiger partial charge in [-0.05, 0) is 25.0 Å². The summed E-state index contributed by atoms with van der Waals surface area (Å²) in [5.41, 5.74) is 4.99. The Kier molecular flexibility index (Phi) is 5.61. The maximum absolute atomic E-state index is 12.7. The molecule has 0 radical (unpaired) electrons. The van der Waals surface area contributed by atoms with E-state index < -0.39 is 15.6 Å². The molecule has 7 heteroatoms. The molecule has 1 rings (SSSR count). The first-order valence-electron chi connectivity index (χ1n) is 6.66. The largest absolute Gasteiger partial charge is 0.497 e. The molecule has 0 saturated carbocycles. The molecule has 1 unspecified atom stereocenters. The molecule has 21 heavy (non-hydrogen) atoms. The van der Waals surface area contributed by atoms with Gasteiger partial charge in [-0.25, -0.2) is 13.1 Å². The fourth-order valence-electron chi connectivity index (χ4n) is 1.75. The second-order valence-corrected chi connectivity index (χ2v) is 7.05. The van der Waals surface area contributed by atoms with Crippen molar-refractivity contribution in [1.82, 2.24) is 4.72 Å². The summed E-state index contributed by atoms with van der Waals surface area (Å²) in [6, 6.07) is 4.63. The third-order valence-electron chi connectivity index (χ3n) is 3.73. The SMILES string of the molecule is COc1ccc(OC)c(S(=O)(=O)NC(C)(CN)C(C)C)c1. The van der Waals surface area contributed by atoms with Gasteiger partial charge in [0.05, 0.1) is 14.2 Å². The van der Waals surface area contributed by atoms with E-state index in [1.54, 1.807) is 19.1 Å². The fourth-order valence-corrected chi connectivity index (χ4v) is 3.48. The molecule has 0 fully saturated rings. The minimum Gasteiger partial charge on any atom is -0.497 e. The lowest BCUT2D eigenvalue weighted by atomic mass is 9.90. The Hall–Kier alpha value is -1.31. The molecule has 0 saturated heterocycles. The van der Waals surface area contributed by atoms with Crippen LogP contribution in [0.1, 0.15) is 20.8 Å². The molecule has 120 valence electrons. The number of sulfonamides is 1. The van der Waals surface area contributed by atoms with Crippen molar-refractivity contribution in [3.8, 4) is 11.5 Å². The zero-order valence-corrected chi connectivity index (χ0v) is 14.0. The van der Waals surface area contributed by atoms with Gasteiger partial charge in [-0.1, -0.05) is 13.8 Å². The second-order valence-electron chi connectivity index (χ2n) is 5.40. The number of methoxy groups -OCH3 is 2. The van der Waals surface area contributed by atoms with Crippen molar-refractivity contribution in [2.75, 3.05) is 20.8 Å². The highest BCUT2D eigenvalue weighted by Gasteiger charge is 2.34. The van der Waals surface area contributed by atoms with Crippen molar-refractivity contribution >= 4 is 10.0 Å². The number of nitrogens with two attached hydrogens (primary N) is 1. The first kappa shape index (κ1) is 17.7. The summed E-state index contributed by atoms with van der Waals surface area (Å²) in [4.78, 5) is 0.0321. The molecular weight excluding hydrogens is 292 g/mol. The van der Waals surface area contributed by atoms with Crippen LogP contribution in [0.15, 0.2) is 23.1 Å². The van der Waals surface area contributed by atoms with Crippen molar-refractivity contribution < 1.29 is 17.9 Å². The van der Waals surface area contributed by atoms with Gasteiger partial charge in [0.15, 0.2) is 0 Å². The Bertz CT molecular complexity index is 587. The highest BCUT2D eigenvalue weighted by Crippen LogP contribution is 2.29. The zero-order valence-electron chi connectivity index (χ0n) is 13.1. The highest BCUT2D eigenvalue weighted by molar-refractivity contribution is 7.89. The first-order valence-corrected chi connectivity index (χ1v) is 8.14. The molecule has 1 aromatic rings.